The van der Waals surface area contributed by atoms with Gasteiger partial charge in [-0.1, -0.05) is 11.6 Å². The summed E-state index contributed by atoms with van der Waals surface area (Å²) in [4.78, 5) is 13.7. The van der Waals surface area contributed by atoms with Crippen LogP contribution in [-0.2, 0) is 18.8 Å². The molecular formula is C19H16ClF6N5O. The number of hydrogen-bond donors (Lipinski definition) is 2. The lowest BCUT2D eigenvalue weighted by molar-refractivity contribution is -0.155. The molecule has 0 radical (unpaired) electrons. The number of aromatic nitrogens is 4. The number of halogens is 7. The van der Waals surface area contributed by atoms with E-state index in [-0.39, 0.29) is 26.0 Å². The molecule has 0 bridgehead atoms. The Bertz CT molecular complexity index is 1110. The number of hydrogen-bond acceptors (Lipinski definition) is 5. The van der Waals surface area contributed by atoms with Crippen molar-refractivity contribution in [2.24, 2.45) is 0 Å². The second-order valence-corrected chi connectivity index (χ2v) is 7.75. The summed E-state index contributed by atoms with van der Waals surface area (Å²) in [6.45, 7) is -0.133. The van der Waals surface area contributed by atoms with Crippen LogP contribution in [0, 0.1) is 0 Å². The third-order valence-electron chi connectivity index (χ3n) is 5.24. The Kier molecular flexibility index (Phi) is 5.70. The highest BCUT2D eigenvalue weighted by molar-refractivity contribution is 6.31. The first-order valence-corrected chi connectivity index (χ1v) is 9.95. The number of aliphatic hydroxyl groups is 1. The maximum Gasteiger partial charge on any atom is 0.451 e. The molecule has 3 aromatic rings. The fourth-order valence-corrected chi connectivity index (χ4v) is 4.08. The molecule has 1 unspecified atom stereocenters. The summed E-state index contributed by atoms with van der Waals surface area (Å²) < 4.78 is 79.4. The van der Waals surface area contributed by atoms with Gasteiger partial charge in [0.15, 0.2) is 0 Å². The van der Waals surface area contributed by atoms with Gasteiger partial charge in [0.1, 0.15) is 0 Å². The lowest BCUT2D eigenvalue weighted by Crippen LogP contribution is -2.38. The van der Waals surface area contributed by atoms with Gasteiger partial charge in [0.2, 0.25) is 17.6 Å². The van der Waals surface area contributed by atoms with Gasteiger partial charge in [-0.15, -0.1) is 0 Å². The van der Waals surface area contributed by atoms with Crippen LogP contribution in [0.25, 0.3) is 10.9 Å². The van der Waals surface area contributed by atoms with E-state index in [2.05, 4.69) is 19.9 Å². The van der Waals surface area contributed by atoms with E-state index < -0.39 is 36.0 Å². The standard InChI is InChI=1S/C19H16ClF6N5O/c20-9-3-4-12-11(8-9)10-5-6-31(13(2-1-7-32)14(10)27-12)17-29-15(18(21,22)23)28-16(30-17)19(24,25)26/h3-4,8,13,27,32H,1-2,5-7H2. The average molecular weight is 480 g/mol. The van der Waals surface area contributed by atoms with E-state index in [1.165, 1.54) is 4.90 Å². The fraction of sp³-hybridized carbons (Fsp3) is 0.421. The second-order valence-electron chi connectivity index (χ2n) is 7.31. The van der Waals surface area contributed by atoms with Crippen molar-refractivity contribution in [3.63, 3.8) is 0 Å². The number of benzene rings is 1. The fourth-order valence-electron chi connectivity index (χ4n) is 3.91. The van der Waals surface area contributed by atoms with Crippen molar-refractivity contribution >= 4 is 28.5 Å². The Morgan fingerprint density at radius 2 is 1.72 bits per heavy atom. The number of nitrogens with zero attached hydrogens (tertiary/aromatic N) is 4. The number of rotatable bonds is 4. The van der Waals surface area contributed by atoms with E-state index in [0.717, 1.165) is 16.5 Å². The number of H-pyrrole nitrogens is 1. The van der Waals surface area contributed by atoms with Crippen LogP contribution in [0.15, 0.2) is 18.2 Å². The van der Waals surface area contributed by atoms with Gasteiger partial charge in [-0.3, -0.25) is 0 Å². The predicted octanol–water partition coefficient (Wildman–Crippen LogP) is 4.92. The summed E-state index contributed by atoms with van der Waals surface area (Å²) in [6.07, 6.45) is -9.54. The smallest absolute Gasteiger partial charge is 0.396 e. The number of nitrogens with one attached hydrogen (secondary N) is 1. The normalized spacial score (nSPS) is 17.1. The highest BCUT2D eigenvalue weighted by Crippen LogP contribution is 2.40. The van der Waals surface area contributed by atoms with Crippen molar-refractivity contribution in [3.05, 3.63) is 46.1 Å². The molecule has 0 aliphatic carbocycles. The van der Waals surface area contributed by atoms with Crippen LogP contribution in [-0.4, -0.2) is 38.2 Å². The SMILES string of the molecule is OCCCC1c2[nH]c3ccc(Cl)cc3c2CCN1c1nc(C(F)(F)F)nc(C(F)(F)F)n1. The molecule has 1 atom stereocenters. The number of anilines is 1. The van der Waals surface area contributed by atoms with Crippen LogP contribution >= 0.6 is 11.6 Å². The van der Waals surface area contributed by atoms with Gasteiger partial charge >= 0.3 is 12.4 Å². The van der Waals surface area contributed by atoms with Crippen LogP contribution in [0.1, 0.15) is 41.8 Å². The van der Waals surface area contributed by atoms with E-state index >= 15 is 0 Å². The highest BCUT2D eigenvalue weighted by atomic mass is 35.5. The lowest BCUT2D eigenvalue weighted by Gasteiger charge is -2.36. The molecule has 6 nitrogen and oxygen atoms in total. The zero-order valence-corrected chi connectivity index (χ0v) is 17.0. The summed E-state index contributed by atoms with van der Waals surface area (Å²) in [5.41, 5.74) is 2.21. The first-order valence-electron chi connectivity index (χ1n) is 9.57. The Balaban J connectivity index is 1.85. The Labute approximate surface area is 182 Å². The molecule has 172 valence electrons. The summed E-state index contributed by atoms with van der Waals surface area (Å²) >= 11 is 6.09. The third kappa shape index (κ3) is 4.20. The molecule has 2 aromatic heterocycles. The Morgan fingerprint density at radius 1 is 1.06 bits per heavy atom. The monoisotopic (exact) mass is 479 g/mol. The molecule has 0 saturated carbocycles. The van der Waals surface area contributed by atoms with Crippen LogP contribution < -0.4 is 4.90 Å². The van der Waals surface area contributed by atoms with Gasteiger partial charge in [-0.25, -0.2) is 4.98 Å². The molecule has 1 aliphatic heterocycles. The van der Waals surface area contributed by atoms with Crippen LogP contribution in [0.4, 0.5) is 32.3 Å². The van der Waals surface area contributed by atoms with Gasteiger partial charge in [-0.05, 0) is 43.0 Å². The molecule has 1 aromatic carbocycles. The van der Waals surface area contributed by atoms with E-state index in [0.29, 0.717) is 17.1 Å². The van der Waals surface area contributed by atoms with Crippen molar-refractivity contribution in [2.45, 2.75) is 37.7 Å². The molecule has 13 heteroatoms. The highest BCUT2D eigenvalue weighted by Gasteiger charge is 2.43. The van der Waals surface area contributed by atoms with E-state index in [9.17, 15) is 31.4 Å². The predicted molar refractivity (Wildman–Crippen MR) is 103 cm³/mol. The molecule has 0 saturated heterocycles. The molecule has 1 aliphatic rings. The summed E-state index contributed by atoms with van der Waals surface area (Å²) in [6, 6.07) is 4.48. The minimum atomic E-state index is -5.18. The Morgan fingerprint density at radius 3 is 2.31 bits per heavy atom. The van der Waals surface area contributed by atoms with E-state index in [1.807, 2.05) is 0 Å². The van der Waals surface area contributed by atoms with Crippen LogP contribution in [0.2, 0.25) is 5.02 Å². The molecule has 0 spiro atoms. The number of aliphatic hydroxyl groups excluding tert-OH is 1. The van der Waals surface area contributed by atoms with Crippen molar-refractivity contribution in [1.29, 1.82) is 0 Å². The van der Waals surface area contributed by atoms with Crippen molar-refractivity contribution in [3.8, 4) is 0 Å². The topological polar surface area (TPSA) is 77.9 Å². The molecular weight excluding hydrogens is 464 g/mol. The molecule has 0 amide bonds. The van der Waals surface area contributed by atoms with Gasteiger partial charge < -0.3 is 15.0 Å². The molecule has 3 heterocycles. The minimum Gasteiger partial charge on any atom is -0.396 e. The number of alkyl halides is 6. The van der Waals surface area contributed by atoms with Crippen molar-refractivity contribution in [1.82, 2.24) is 19.9 Å². The first kappa shape index (κ1) is 22.6. The zero-order valence-electron chi connectivity index (χ0n) is 16.2. The van der Waals surface area contributed by atoms with Gasteiger partial charge in [0, 0.05) is 34.8 Å². The number of aromatic amines is 1. The number of fused-ring (bicyclic) bond motifs is 3. The quantitative estimate of drug-likeness (QED) is 0.519. The van der Waals surface area contributed by atoms with E-state index in [4.69, 9.17) is 11.6 Å². The summed E-state index contributed by atoms with van der Waals surface area (Å²) in [5.74, 6) is -4.54. The van der Waals surface area contributed by atoms with Gasteiger partial charge in [0.05, 0.1) is 6.04 Å². The largest absolute Gasteiger partial charge is 0.451 e. The Hall–Kier alpha value is -2.60. The molecule has 32 heavy (non-hydrogen) atoms. The summed E-state index contributed by atoms with van der Waals surface area (Å²) in [5, 5.41) is 10.6. The van der Waals surface area contributed by atoms with Crippen molar-refractivity contribution in [2.75, 3.05) is 18.1 Å². The van der Waals surface area contributed by atoms with Crippen LogP contribution in [0.3, 0.4) is 0 Å². The second kappa shape index (κ2) is 8.07. The molecule has 2 N–H and O–H groups in total. The maximum atomic E-state index is 13.2. The third-order valence-corrected chi connectivity index (χ3v) is 5.47. The van der Waals surface area contributed by atoms with E-state index in [1.54, 1.807) is 18.2 Å². The zero-order chi connectivity index (χ0) is 23.3. The lowest BCUT2D eigenvalue weighted by atomic mass is 9.94. The van der Waals surface area contributed by atoms with Gasteiger partial charge in [0.25, 0.3) is 0 Å². The van der Waals surface area contributed by atoms with Crippen LogP contribution in [0.5, 0.6) is 0 Å². The maximum absolute atomic E-state index is 13.2. The minimum absolute atomic E-state index is 0.0706. The summed E-state index contributed by atoms with van der Waals surface area (Å²) in [7, 11) is 0. The van der Waals surface area contributed by atoms with Crippen molar-refractivity contribution < 1.29 is 31.4 Å². The molecule has 0 fully saturated rings. The average Bonchev–Trinajstić information content (AvgIpc) is 3.08. The first-order chi connectivity index (χ1) is 15.0. The molecule has 4 rings (SSSR count). The van der Waals surface area contributed by atoms with Gasteiger partial charge in [-0.2, -0.15) is 36.3 Å².